The van der Waals surface area contributed by atoms with Gasteiger partial charge in [-0.2, -0.15) is 0 Å². The summed E-state index contributed by atoms with van der Waals surface area (Å²) in [7, 11) is 9.87. The fraction of sp³-hybridized carbons (Fsp3) is 0.524. The van der Waals surface area contributed by atoms with Crippen molar-refractivity contribution < 1.29 is 20.8 Å². The fourth-order valence-corrected chi connectivity index (χ4v) is 4.73. The van der Waals surface area contributed by atoms with Crippen LogP contribution in [0.2, 0.25) is 0 Å². The van der Waals surface area contributed by atoms with E-state index in [1.54, 1.807) is 35.5 Å². The van der Waals surface area contributed by atoms with Crippen molar-refractivity contribution in [3.63, 3.8) is 0 Å². The molecule has 0 aliphatic heterocycles. The molecule has 0 bridgehead atoms. The second-order valence-electron chi connectivity index (χ2n) is 7.61. The number of hydrogen-bond donors (Lipinski definition) is 0. The van der Waals surface area contributed by atoms with Crippen LogP contribution in [0.15, 0.2) is 0 Å². The summed E-state index contributed by atoms with van der Waals surface area (Å²) in [5.74, 6) is 9.83. The van der Waals surface area contributed by atoms with Gasteiger partial charge < -0.3 is 0 Å². The zero-order valence-electron chi connectivity index (χ0n) is 14.7. The van der Waals surface area contributed by atoms with E-state index in [4.69, 9.17) is 17.0 Å². The summed E-state index contributed by atoms with van der Waals surface area (Å²) in [6, 6.07) is 0. The SMILES string of the molecule is CC(C)([C]1[CH][CH][C]2CCCC[C]21)[C]1[CH][CH][C]2CCCC[C]21.[Cl][Zr+2][Cl]. The first-order chi connectivity index (χ1) is 11.6. The van der Waals surface area contributed by atoms with Crippen LogP contribution < -0.4 is 0 Å². The average molecular weight is 441 g/mol. The van der Waals surface area contributed by atoms with E-state index in [1.807, 2.05) is 0 Å². The summed E-state index contributed by atoms with van der Waals surface area (Å²) in [5.41, 5.74) is 0.176. The summed E-state index contributed by atoms with van der Waals surface area (Å²) in [4.78, 5) is 0. The standard InChI is InChI=1S/C21H26.2ClH.Zr/c1-21(2,19-13-11-15-7-3-5-9-17(15)19)20-14-12-16-8-4-6-10-18(16)20;;;/h11-14H,3-10H2,1-2H3;2*1H;/q;;;+4/p-2. The summed E-state index contributed by atoms with van der Waals surface area (Å²) in [5, 5.41) is 0. The van der Waals surface area contributed by atoms with Crippen LogP contribution in [0.4, 0.5) is 0 Å². The van der Waals surface area contributed by atoms with Crippen molar-refractivity contribution in [3.05, 3.63) is 61.2 Å². The van der Waals surface area contributed by atoms with Crippen molar-refractivity contribution in [1.29, 1.82) is 0 Å². The minimum atomic E-state index is -0.826. The first-order valence-electron chi connectivity index (χ1n) is 9.11. The van der Waals surface area contributed by atoms with Gasteiger partial charge in [-0.25, -0.2) is 0 Å². The van der Waals surface area contributed by atoms with E-state index in [2.05, 4.69) is 39.5 Å². The molecule has 4 saturated carbocycles. The Labute approximate surface area is 168 Å². The van der Waals surface area contributed by atoms with Crippen LogP contribution in [0, 0.1) is 66.6 Å². The summed E-state index contributed by atoms with van der Waals surface area (Å²) in [6.07, 6.45) is 20.4. The topological polar surface area (TPSA) is 0 Å². The predicted octanol–water partition coefficient (Wildman–Crippen LogP) is 6.83. The van der Waals surface area contributed by atoms with Gasteiger partial charge in [-0.05, 0) is 92.3 Å². The van der Waals surface area contributed by atoms with Gasteiger partial charge in [0.15, 0.2) is 0 Å². The normalized spacial score (nSPS) is 28.2. The van der Waals surface area contributed by atoms with E-state index >= 15 is 0 Å². The molecular formula is C21H26Cl2Zr+2. The van der Waals surface area contributed by atoms with Gasteiger partial charge in [0.1, 0.15) is 0 Å². The van der Waals surface area contributed by atoms with Crippen molar-refractivity contribution in [3.8, 4) is 0 Å². The van der Waals surface area contributed by atoms with Crippen LogP contribution >= 0.6 is 17.0 Å². The molecule has 4 fully saturated rings. The summed E-state index contributed by atoms with van der Waals surface area (Å²) >= 11 is -0.826. The Bertz CT molecular complexity index is 363. The van der Waals surface area contributed by atoms with Gasteiger partial charge in [-0.15, -0.1) is 0 Å². The van der Waals surface area contributed by atoms with Gasteiger partial charge in [-0.3, -0.25) is 0 Å². The Morgan fingerprint density at radius 3 is 1.50 bits per heavy atom. The van der Waals surface area contributed by atoms with Crippen molar-refractivity contribution in [2.45, 2.75) is 65.2 Å². The molecule has 126 valence electrons. The number of fused-ring (bicyclic) bond motifs is 2. The predicted molar refractivity (Wildman–Crippen MR) is 99.1 cm³/mol. The Morgan fingerprint density at radius 2 is 1.08 bits per heavy atom. The second kappa shape index (κ2) is 9.10. The van der Waals surface area contributed by atoms with Crippen molar-refractivity contribution >= 4 is 17.0 Å². The molecular weight excluding hydrogens is 414 g/mol. The third kappa shape index (κ3) is 4.14. The molecule has 4 aliphatic carbocycles. The molecule has 0 unspecified atom stereocenters. The monoisotopic (exact) mass is 438 g/mol. The number of halogens is 2. The van der Waals surface area contributed by atoms with Gasteiger partial charge in [0.2, 0.25) is 0 Å². The molecule has 0 aromatic carbocycles. The molecule has 0 nitrogen and oxygen atoms in total. The molecule has 3 heteroatoms. The van der Waals surface area contributed by atoms with Gasteiger partial charge in [0.25, 0.3) is 0 Å². The molecule has 0 saturated heterocycles. The van der Waals surface area contributed by atoms with Crippen LogP contribution in [0.5, 0.6) is 0 Å². The van der Waals surface area contributed by atoms with Crippen LogP contribution in [0.1, 0.15) is 65.2 Å². The first kappa shape index (κ1) is 20.2. The van der Waals surface area contributed by atoms with E-state index in [9.17, 15) is 0 Å². The van der Waals surface area contributed by atoms with Crippen LogP contribution in [-0.4, -0.2) is 0 Å². The molecule has 0 spiro atoms. The molecule has 4 rings (SSSR count). The maximum atomic E-state index is 4.93. The van der Waals surface area contributed by atoms with Crippen molar-refractivity contribution in [2.75, 3.05) is 0 Å². The van der Waals surface area contributed by atoms with Crippen molar-refractivity contribution in [2.24, 2.45) is 5.41 Å². The Hall–Kier alpha value is 1.46. The average Bonchev–Trinajstić information content (AvgIpc) is 3.20. The second-order valence-corrected chi connectivity index (χ2v) is 11.3. The van der Waals surface area contributed by atoms with E-state index in [1.165, 1.54) is 51.4 Å². The minimum absolute atomic E-state index is 0.176. The molecule has 0 N–H and O–H groups in total. The van der Waals surface area contributed by atoms with Crippen LogP contribution in [0.3, 0.4) is 0 Å². The van der Waals surface area contributed by atoms with Gasteiger partial charge in [0, 0.05) is 0 Å². The number of hydrogen-bond acceptors (Lipinski definition) is 0. The van der Waals surface area contributed by atoms with Crippen LogP contribution in [0.25, 0.3) is 0 Å². The van der Waals surface area contributed by atoms with Crippen molar-refractivity contribution in [1.82, 2.24) is 0 Å². The molecule has 24 heavy (non-hydrogen) atoms. The van der Waals surface area contributed by atoms with E-state index in [0.29, 0.717) is 0 Å². The molecule has 0 atom stereocenters. The van der Waals surface area contributed by atoms with Gasteiger partial charge >= 0.3 is 37.9 Å². The number of rotatable bonds is 2. The Balaban J connectivity index is 0.000000526. The molecule has 10 radical (unpaired) electrons. The third-order valence-electron chi connectivity index (χ3n) is 5.92. The van der Waals surface area contributed by atoms with Gasteiger partial charge in [-0.1, -0.05) is 39.5 Å². The summed E-state index contributed by atoms with van der Waals surface area (Å²) in [6.45, 7) is 4.89. The fourth-order valence-electron chi connectivity index (χ4n) is 4.73. The molecule has 0 heterocycles. The quantitative estimate of drug-likeness (QED) is 0.442. The molecule has 0 amide bonds. The van der Waals surface area contributed by atoms with Gasteiger partial charge in [0.05, 0.1) is 0 Å². The Kier molecular flexibility index (Phi) is 7.66. The Morgan fingerprint density at radius 1 is 0.708 bits per heavy atom. The third-order valence-corrected chi connectivity index (χ3v) is 5.92. The molecule has 0 aromatic heterocycles. The zero-order chi connectivity index (χ0) is 17.2. The maximum absolute atomic E-state index is 4.93. The summed E-state index contributed by atoms with van der Waals surface area (Å²) < 4.78 is 0. The first-order valence-corrected chi connectivity index (χ1v) is 15.4. The van der Waals surface area contributed by atoms with E-state index in [0.717, 1.165) is 0 Å². The molecule has 0 aromatic rings. The molecule has 4 aliphatic rings. The zero-order valence-corrected chi connectivity index (χ0v) is 18.7. The van der Waals surface area contributed by atoms with Crippen LogP contribution in [-0.2, 0) is 20.8 Å². The van der Waals surface area contributed by atoms with E-state index < -0.39 is 20.8 Å². The van der Waals surface area contributed by atoms with E-state index in [-0.39, 0.29) is 5.41 Å².